The zero-order valence-electron chi connectivity index (χ0n) is 9.30. The molecule has 0 saturated carbocycles. The number of carbonyl (C=O) groups excluding carboxylic acids is 2. The van der Waals surface area contributed by atoms with Gasteiger partial charge in [-0.15, -0.1) is 0 Å². The third-order valence-electron chi connectivity index (χ3n) is 2.92. The molecule has 1 aromatic carbocycles. The van der Waals surface area contributed by atoms with Crippen LogP contribution in [0.15, 0.2) is 24.3 Å². The standard InChI is InChI=1S/C12H14N2O3/c13-11(16)9-1-3-10(4-2-9)12(17)14-5-8(6-14)7-15/h1-4,8,15H,5-7H2,(H2,13,16). The number of aliphatic hydroxyl groups is 1. The Hall–Kier alpha value is -1.88. The van der Waals surface area contributed by atoms with Gasteiger partial charge in [0, 0.05) is 36.7 Å². The highest BCUT2D eigenvalue weighted by atomic mass is 16.3. The van der Waals surface area contributed by atoms with E-state index in [0.717, 1.165) is 0 Å². The average Bonchev–Trinajstić information content (AvgIpc) is 2.27. The van der Waals surface area contributed by atoms with Crippen molar-refractivity contribution < 1.29 is 14.7 Å². The molecule has 0 radical (unpaired) electrons. The van der Waals surface area contributed by atoms with Gasteiger partial charge in [0.1, 0.15) is 0 Å². The number of hydrogen-bond donors (Lipinski definition) is 2. The van der Waals surface area contributed by atoms with E-state index in [0.29, 0.717) is 24.2 Å². The maximum absolute atomic E-state index is 11.9. The minimum atomic E-state index is -0.506. The van der Waals surface area contributed by atoms with E-state index in [9.17, 15) is 9.59 Å². The van der Waals surface area contributed by atoms with Crippen LogP contribution in [0.2, 0.25) is 0 Å². The van der Waals surface area contributed by atoms with Gasteiger partial charge in [-0.2, -0.15) is 0 Å². The lowest BCUT2D eigenvalue weighted by atomic mass is 9.99. The molecule has 2 rings (SSSR count). The largest absolute Gasteiger partial charge is 0.396 e. The maximum atomic E-state index is 11.9. The van der Waals surface area contributed by atoms with Crippen LogP contribution in [-0.4, -0.2) is 41.5 Å². The molecule has 0 bridgehead atoms. The molecule has 0 aliphatic carbocycles. The summed E-state index contributed by atoms with van der Waals surface area (Å²) >= 11 is 0. The fraction of sp³-hybridized carbons (Fsp3) is 0.333. The van der Waals surface area contributed by atoms with E-state index in [4.69, 9.17) is 10.8 Å². The van der Waals surface area contributed by atoms with Crippen molar-refractivity contribution in [2.24, 2.45) is 11.7 Å². The molecule has 3 N–H and O–H groups in total. The molecule has 5 nitrogen and oxygen atoms in total. The first-order valence-corrected chi connectivity index (χ1v) is 5.42. The lowest BCUT2D eigenvalue weighted by Crippen LogP contribution is -2.51. The summed E-state index contributed by atoms with van der Waals surface area (Å²) in [5, 5.41) is 8.86. The monoisotopic (exact) mass is 234 g/mol. The van der Waals surface area contributed by atoms with Crippen molar-refractivity contribution in [3.05, 3.63) is 35.4 Å². The molecule has 0 atom stereocenters. The highest BCUT2D eigenvalue weighted by Gasteiger charge is 2.30. The zero-order chi connectivity index (χ0) is 12.4. The zero-order valence-corrected chi connectivity index (χ0v) is 9.30. The Labute approximate surface area is 98.8 Å². The molecular weight excluding hydrogens is 220 g/mol. The van der Waals surface area contributed by atoms with E-state index < -0.39 is 5.91 Å². The third kappa shape index (κ3) is 2.29. The van der Waals surface area contributed by atoms with E-state index >= 15 is 0 Å². The number of carbonyl (C=O) groups is 2. The Morgan fingerprint density at radius 3 is 2.24 bits per heavy atom. The van der Waals surface area contributed by atoms with E-state index in [1.165, 1.54) is 0 Å². The van der Waals surface area contributed by atoms with Gasteiger partial charge in [0.2, 0.25) is 5.91 Å². The van der Waals surface area contributed by atoms with Gasteiger partial charge in [0.15, 0.2) is 0 Å². The van der Waals surface area contributed by atoms with Crippen molar-refractivity contribution in [1.82, 2.24) is 4.90 Å². The van der Waals surface area contributed by atoms with Gasteiger partial charge in [-0.1, -0.05) is 0 Å². The molecule has 1 aliphatic rings. The number of nitrogens with two attached hydrogens (primary N) is 1. The molecule has 90 valence electrons. The smallest absolute Gasteiger partial charge is 0.253 e. The van der Waals surface area contributed by atoms with Crippen LogP contribution >= 0.6 is 0 Å². The van der Waals surface area contributed by atoms with Crippen molar-refractivity contribution in [1.29, 1.82) is 0 Å². The summed E-state index contributed by atoms with van der Waals surface area (Å²) in [6.07, 6.45) is 0. The topological polar surface area (TPSA) is 83.6 Å². The highest BCUT2D eigenvalue weighted by molar-refractivity contribution is 5.97. The Morgan fingerprint density at radius 1 is 1.24 bits per heavy atom. The second-order valence-electron chi connectivity index (χ2n) is 4.20. The fourth-order valence-electron chi connectivity index (χ4n) is 1.81. The van der Waals surface area contributed by atoms with Crippen LogP contribution in [0.25, 0.3) is 0 Å². The van der Waals surface area contributed by atoms with E-state index in [2.05, 4.69) is 0 Å². The Kier molecular flexibility index (Phi) is 3.10. The van der Waals surface area contributed by atoms with Crippen LogP contribution in [0.1, 0.15) is 20.7 Å². The second kappa shape index (κ2) is 4.55. The minimum Gasteiger partial charge on any atom is -0.396 e. The second-order valence-corrected chi connectivity index (χ2v) is 4.20. The van der Waals surface area contributed by atoms with Crippen LogP contribution in [0.5, 0.6) is 0 Å². The predicted octanol–water partition coefficient (Wildman–Crippen LogP) is -0.150. The molecule has 2 amide bonds. The normalized spacial score (nSPS) is 15.5. The quantitative estimate of drug-likeness (QED) is 0.762. The molecule has 1 aliphatic heterocycles. The molecule has 1 heterocycles. The number of likely N-dealkylation sites (tertiary alicyclic amines) is 1. The number of hydrogen-bond acceptors (Lipinski definition) is 3. The number of benzene rings is 1. The number of nitrogens with zero attached hydrogens (tertiary/aromatic N) is 1. The van der Waals surface area contributed by atoms with Gasteiger partial charge in [0.05, 0.1) is 0 Å². The summed E-state index contributed by atoms with van der Waals surface area (Å²) in [4.78, 5) is 24.4. The van der Waals surface area contributed by atoms with Gasteiger partial charge in [-0.3, -0.25) is 9.59 Å². The first-order chi connectivity index (χ1) is 8.11. The van der Waals surface area contributed by atoms with Crippen molar-refractivity contribution in [2.75, 3.05) is 19.7 Å². The first-order valence-electron chi connectivity index (χ1n) is 5.42. The Bertz CT molecular complexity index is 436. The lowest BCUT2D eigenvalue weighted by Gasteiger charge is -2.38. The minimum absolute atomic E-state index is 0.0780. The number of rotatable bonds is 3. The SMILES string of the molecule is NC(=O)c1ccc(C(=O)N2CC(CO)C2)cc1. The molecular formula is C12H14N2O3. The van der Waals surface area contributed by atoms with E-state index in [-0.39, 0.29) is 18.4 Å². The van der Waals surface area contributed by atoms with Crippen LogP contribution in [-0.2, 0) is 0 Å². The third-order valence-corrected chi connectivity index (χ3v) is 2.92. The van der Waals surface area contributed by atoms with Gasteiger partial charge in [-0.25, -0.2) is 0 Å². The molecule has 0 aromatic heterocycles. The molecule has 17 heavy (non-hydrogen) atoms. The average molecular weight is 234 g/mol. The van der Waals surface area contributed by atoms with E-state index in [1.54, 1.807) is 29.2 Å². The van der Waals surface area contributed by atoms with Crippen molar-refractivity contribution >= 4 is 11.8 Å². The Balaban J connectivity index is 2.03. The highest BCUT2D eigenvalue weighted by Crippen LogP contribution is 2.18. The Morgan fingerprint density at radius 2 is 1.76 bits per heavy atom. The lowest BCUT2D eigenvalue weighted by molar-refractivity contribution is 0.0362. The van der Waals surface area contributed by atoms with Crippen LogP contribution in [0.4, 0.5) is 0 Å². The molecule has 0 spiro atoms. The fourth-order valence-corrected chi connectivity index (χ4v) is 1.81. The molecule has 1 saturated heterocycles. The number of amides is 2. The predicted molar refractivity (Wildman–Crippen MR) is 61.4 cm³/mol. The number of aliphatic hydroxyl groups excluding tert-OH is 1. The van der Waals surface area contributed by atoms with Gasteiger partial charge in [0.25, 0.3) is 5.91 Å². The van der Waals surface area contributed by atoms with Gasteiger partial charge in [-0.05, 0) is 24.3 Å². The van der Waals surface area contributed by atoms with Gasteiger partial charge < -0.3 is 15.7 Å². The summed E-state index contributed by atoms with van der Waals surface area (Å²) in [6.45, 7) is 1.30. The van der Waals surface area contributed by atoms with Crippen LogP contribution < -0.4 is 5.73 Å². The summed E-state index contributed by atoms with van der Waals surface area (Å²) in [7, 11) is 0. The molecule has 1 aromatic rings. The molecule has 1 fully saturated rings. The summed E-state index contributed by atoms with van der Waals surface area (Å²) in [6, 6.07) is 6.27. The van der Waals surface area contributed by atoms with E-state index in [1.807, 2.05) is 0 Å². The van der Waals surface area contributed by atoms with Crippen molar-refractivity contribution in [3.8, 4) is 0 Å². The summed E-state index contributed by atoms with van der Waals surface area (Å²) < 4.78 is 0. The van der Waals surface area contributed by atoms with Crippen molar-refractivity contribution in [3.63, 3.8) is 0 Å². The van der Waals surface area contributed by atoms with Crippen molar-refractivity contribution in [2.45, 2.75) is 0 Å². The van der Waals surface area contributed by atoms with Crippen LogP contribution in [0.3, 0.4) is 0 Å². The summed E-state index contributed by atoms with van der Waals surface area (Å²) in [5.41, 5.74) is 6.03. The van der Waals surface area contributed by atoms with Gasteiger partial charge >= 0.3 is 0 Å². The summed E-state index contributed by atoms with van der Waals surface area (Å²) in [5.74, 6) is -0.386. The molecule has 0 unspecified atom stereocenters. The van der Waals surface area contributed by atoms with Crippen LogP contribution in [0, 0.1) is 5.92 Å². The molecule has 5 heteroatoms. The first kappa shape index (κ1) is 11.6. The maximum Gasteiger partial charge on any atom is 0.253 e. The number of primary amides is 1.